The summed E-state index contributed by atoms with van der Waals surface area (Å²) in [6.45, 7) is 4.04. The van der Waals surface area contributed by atoms with Gasteiger partial charge in [-0.15, -0.1) is 5.10 Å². The number of benzene rings is 1. The third-order valence-electron chi connectivity index (χ3n) is 3.24. The Bertz CT molecular complexity index is 690. The second-order valence-electron chi connectivity index (χ2n) is 4.58. The molecule has 0 aliphatic heterocycles. The molecule has 0 saturated heterocycles. The van der Waals surface area contributed by atoms with Crippen molar-refractivity contribution in [3.8, 4) is 0 Å². The second-order valence-corrected chi connectivity index (χ2v) is 4.58. The molecule has 0 saturated carbocycles. The number of H-pyrrole nitrogens is 1. The van der Waals surface area contributed by atoms with Crippen LogP contribution in [0.25, 0.3) is 10.8 Å². The van der Waals surface area contributed by atoms with Gasteiger partial charge in [-0.25, -0.2) is 0 Å². The fourth-order valence-corrected chi connectivity index (χ4v) is 2.13. The van der Waals surface area contributed by atoms with Gasteiger partial charge >= 0.3 is 0 Å². The van der Waals surface area contributed by atoms with Crippen LogP contribution >= 0.6 is 0 Å². The molecule has 1 aromatic carbocycles. The minimum absolute atomic E-state index is 0.124. The molecule has 2 heterocycles. The summed E-state index contributed by atoms with van der Waals surface area (Å²) in [4.78, 5) is 0. The standard InChI is InChI=1S/C14H15N5/c1-9(11-7-15-16-8-11)17-14-13-6-4-3-5-12(13)10(2)18-19-14/h3-9H,1-2H3,(H,15,16)(H,17,19). The van der Waals surface area contributed by atoms with Gasteiger partial charge in [0, 0.05) is 22.5 Å². The summed E-state index contributed by atoms with van der Waals surface area (Å²) in [6.07, 6.45) is 3.68. The number of aryl methyl sites for hydroxylation is 1. The van der Waals surface area contributed by atoms with Crippen LogP contribution in [0.1, 0.15) is 24.2 Å². The van der Waals surface area contributed by atoms with E-state index in [9.17, 15) is 0 Å². The van der Waals surface area contributed by atoms with E-state index in [-0.39, 0.29) is 6.04 Å². The van der Waals surface area contributed by atoms with Crippen LogP contribution in [0.4, 0.5) is 5.82 Å². The highest BCUT2D eigenvalue weighted by atomic mass is 15.2. The van der Waals surface area contributed by atoms with Crippen molar-refractivity contribution in [2.45, 2.75) is 19.9 Å². The van der Waals surface area contributed by atoms with Crippen LogP contribution < -0.4 is 5.32 Å². The number of rotatable bonds is 3. The van der Waals surface area contributed by atoms with Crippen LogP contribution in [0.5, 0.6) is 0 Å². The SMILES string of the molecule is Cc1nnc(NC(C)c2cn[nH]c2)c2ccccc12. The number of nitrogens with one attached hydrogen (secondary N) is 2. The van der Waals surface area contributed by atoms with Crippen molar-refractivity contribution in [1.82, 2.24) is 20.4 Å². The Labute approximate surface area is 111 Å². The molecule has 5 nitrogen and oxygen atoms in total. The predicted molar refractivity (Wildman–Crippen MR) is 74.9 cm³/mol. The lowest BCUT2D eigenvalue weighted by Crippen LogP contribution is -2.08. The number of hydrogen-bond acceptors (Lipinski definition) is 4. The molecule has 0 radical (unpaired) electrons. The summed E-state index contributed by atoms with van der Waals surface area (Å²) in [5.74, 6) is 0.801. The summed E-state index contributed by atoms with van der Waals surface area (Å²) < 4.78 is 0. The maximum absolute atomic E-state index is 4.26. The van der Waals surface area contributed by atoms with Crippen LogP contribution in [0.2, 0.25) is 0 Å². The molecule has 0 aliphatic rings. The number of anilines is 1. The Morgan fingerprint density at radius 1 is 1.16 bits per heavy atom. The Morgan fingerprint density at radius 2 is 1.95 bits per heavy atom. The first-order chi connectivity index (χ1) is 9.25. The molecule has 0 amide bonds. The van der Waals surface area contributed by atoms with Crippen LogP contribution in [-0.4, -0.2) is 20.4 Å². The molecule has 0 bridgehead atoms. The number of hydrogen-bond donors (Lipinski definition) is 2. The fraction of sp³-hybridized carbons (Fsp3) is 0.214. The Hall–Kier alpha value is -2.43. The summed E-state index contributed by atoms with van der Waals surface area (Å²) >= 11 is 0. The minimum Gasteiger partial charge on any atom is -0.361 e. The topological polar surface area (TPSA) is 66.5 Å². The Balaban J connectivity index is 2.00. The zero-order valence-electron chi connectivity index (χ0n) is 10.9. The highest BCUT2D eigenvalue weighted by Gasteiger charge is 2.11. The smallest absolute Gasteiger partial charge is 0.157 e. The number of aromatic amines is 1. The maximum atomic E-state index is 4.26. The van der Waals surface area contributed by atoms with Gasteiger partial charge in [0.2, 0.25) is 0 Å². The van der Waals surface area contributed by atoms with Crippen molar-refractivity contribution in [3.63, 3.8) is 0 Å². The van der Waals surface area contributed by atoms with Gasteiger partial charge in [0.15, 0.2) is 5.82 Å². The average molecular weight is 253 g/mol. The Morgan fingerprint density at radius 3 is 2.68 bits per heavy atom. The van der Waals surface area contributed by atoms with Gasteiger partial charge in [-0.1, -0.05) is 24.3 Å². The van der Waals surface area contributed by atoms with Crippen molar-refractivity contribution in [2.75, 3.05) is 5.32 Å². The summed E-state index contributed by atoms with van der Waals surface area (Å²) in [7, 11) is 0. The molecule has 0 fully saturated rings. The van der Waals surface area contributed by atoms with E-state index in [1.165, 1.54) is 0 Å². The second kappa shape index (κ2) is 4.68. The van der Waals surface area contributed by atoms with E-state index in [2.05, 4.69) is 44.8 Å². The summed E-state index contributed by atoms with van der Waals surface area (Å²) in [5, 5.41) is 20.8. The molecule has 1 atom stereocenters. The van der Waals surface area contributed by atoms with Crippen LogP contribution in [0.15, 0.2) is 36.7 Å². The van der Waals surface area contributed by atoms with Crippen LogP contribution in [0.3, 0.4) is 0 Å². The van der Waals surface area contributed by atoms with Gasteiger partial charge in [-0.05, 0) is 13.8 Å². The lowest BCUT2D eigenvalue weighted by molar-refractivity contribution is 0.862. The van der Waals surface area contributed by atoms with Crippen LogP contribution in [0, 0.1) is 6.92 Å². The van der Waals surface area contributed by atoms with Crippen molar-refractivity contribution in [1.29, 1.82) is 0 Å². The van der Waals surface area contributed by atoms with Crippen molar-refractivity contribution in [3.05, 3.63) is 47.9 Å². The largest absolute Gasteiger partial charge is 0.361 e. The van der Waals surface area contributed by atoms with E-state index >= 15 is 0 Å². The van der Waals surface area contributed by atoms with Crippen molar-refractivity contribution in [2.24, 2.45) is 0 Å². The number of nitrogens with zero attached hydrogens (tertiary/aromatic N) is 3. The van der Waals surface area contributed by atoms with E-state index < -0.39 is 0 Å². The van der Waals surface area contributed by atoms with Gasteiger partial charge in [0.25, 0.3) is 0 Å². The number of aromatic nitrogens is 4. The van der Waals surface area contributed by atoms with Gasteiger partial charge in [-0.2, -0.15) is 10.2 Å². The molecule has 3 aromatic rings. The van der Waals surface area contributed by atoms with E-state index in [4.69, 9.17) is 0 Å². The zero-order valence-corrected chi connectivity index (χ0v) is 10.9. The van der Waals surface area contributed by atoms with Gasteiger partial charge in [0.1, 0.15) is 0 Å². The van der Waals surface area contributed by atoms with Gasteiger partial charge in [-0.3, -0.25) is 5.10 Å². The molecule has 3 rings (SSSR count). The van der Waals surface area contributed by atoms with E-state index in [0.29, 0.717) is 0 Å². The third kappa shape index (κ3) is 2.14. The molecule has 2 N–H and O–H groups in total. The molecular weight excluding hydrogens is 238 g/mol. The molecule has 19 heavy (non-hydrogen) atoms. The highest BCUT2D eigenvalue weighted by Crippen LogP contribution is 2.25. The molecule has 1 unspecified atom stereocenters. The van der Waals surface area contributed by atoms with Gasteiger partial charge < -0.3 is 5.32 Å². The fourth-order valence-electron chi connectivity index (χ4n) is 2.13. The maximum Gasteiger partial charge on any atom is 0.157 e. The van der Waals surface area contributed by atoms with Crippen molar-refractivity contribution < 1.29 is 0 Å². The molecular formula is C14H15N5. The normalized spacial score (nSPS) is 12.5. The molecule has 2 aromatic heterocycles. The Kier molecular flexibility index (Phi) is 2.87. The van der Waals surface area contributed by atoms with E-state index in [1.807, 2.05) is 31.5 Å². The lowest BCUT2D eigenvalue weighted by atomic mass is 10.1. The summed E-state index contributed by atoms with van der Waals surface area (Å²) in [5.41, 5.74) is 2.03. The first-order valence-electron chi connectivity index (χ1n) is 6.23. The quantitative estimate of drug-likeness (QED) is 0.753. The first kappa shape index (κ1) is 11.6. The molecule has 96 valence electrons. The van der Waals surface area contributed by atoms with E-state index in [1.54, 1.807) is 0 Å². The minimum atomic E-state index is 0.124. The summed E-state index contributed by atoms with van der Waals surface area (Å²) in [6, 6.07) is 8.27. The number of fused-ring (bicyclic) bond motifs is 1. The highest BCUT2D eigenvalue weighted by molar-refractivity contribution is 5.92. The van der Waals surface area contributed by atoms with E-state index in [0.717, 1.165) is 27.8 Å². The van der Waals surface area contributed by atoms with Crippen molar-refractivity contribution >= 4 is 16.6 Å². The van der Waals surface area contributed by atoms with Crippen LogP contribution in [-0.2, 0) is 0 Å². The monoisotopic (exact) mass is 253 g/mol. The average Bonchev–Trinajstić information content (AvgIpc) is 2.96. The lowest BCUT2D eigenvalue weighted by Gasteiger charge is -2.14. The van der Waals surface area contributed by atoms with Gasteiger partial charge in [0.05, 0.1) is 17.9 Å². The first-order valence-corrected chi connectivity index (χ1v) is 6.23. The molecule has 5 heteroatoms. The zero-order chi connectivity index (χ0) is 13.2. The molecule has 0 aliphatic carbocycles. The molecule has 0 spiro atoms. The predicted octanol–water partition coefficient (Wildman–Crippen LogP) is 2.83. The third-order valence-corrected chi connectivity index (χ3v) is 3.24.